The van der Waals surface area contributed by atoms with Crippen LogP contribution in [0, 0.1) is 11.3 Å². The zero-order valence-corrected chi connectivity index (χ0v) is 17.4. The van der Waals surface area contributed by atoms with Gasteiger partial charge in [0.1, 0.15) is 17.0 Å². The van der Waals surface area contributed by atoms with Gasteiger partial charge < -0.3 is 9.64 Å². The lowest BCUT2D eigenvalue weighted by atomic mass is 9.92. The smallest absolute Gasteiger partial charge is 0.242 e. The van der Waals surface area contributed by atoms with Crippen LogP contribution in [0.1, 0.15) is 34.1 Å². The van der Waals surface area contributed by atoms with Crippen LogP contribution < -0.4 is 14.4 Å². The van der Waals surface area contributed by atoms with Crippen LogP contribution in [0.2, 0.25) is 0 Å². The van der Waals surface area contributed by atoms with Gasteiger partial charge in [0.05, 0.1) is 16.8 Å². The molecule has 8 heteroatoms. The normalized spacial score (nSPS) is 17.0. The second-order valence-electron chi connectivity index (χ2n) is 7.32. The van der Waals surface area contributed by atoms with Crippen molar-refractivity contribution in [2.24, 2.45) is 11.3 Å². The molecule has 0 fully saturated rings. The zero-order chi connectivity index (χ0) is 18.8. The first kappa shape index (κ1) is 20.0. The Morgan fingerprint density at radius 2 is 2.04 bits per heavy atom. The summed E-state index contributed by atoms with van der Waals surface area (Å²) in [7, 11) is -3.45. The van der Waals surface area contributed by atoms with Crippen LogP contribution in [0.25, 0.3) is 0 Å². The molecule has 140 valence electrons. The van der Waals surface area contributed by atoms with Crippen molar-refractivity contribution in [3.8, 4) is 5.75 Å². The van der Waals surface area contributed by atoms with Gasteiger partial charge in [0.2, 0.25) is 15.9 Å². The van der Waals surface area contributed by atoms with E-state index in [9.17, 15) is 13.2 Å². The standard InChI is InChI=1S/C17H25BrN2O4S/c1-12(2)7-8-20-14-6-5-13(19-25(22,23)11-18)9-15(14)24-10-17(3,4)16(20)21/h5-6,9,12,19H,7-8,10-11H2,1-4H3. The number of sulfonamides is 1. The SMILES string of the molecule is CC(C)CCN1C(=O)C(C)(C)COc2cc(NS(=O)(=O)CBr)ccc21. The highest BCUT2D eigenvalue weighted by Gasteiger charge is 2.37. The number of halogens is 1. The molecule has 0 spiro atoms. The molecule has 2 rings (SSSR count). The molecular formula is C17H25BrN2O4S. The van der Waals surface area contributed by atoms with E-state index in [-0.39, 0.29) is 17.2 Å². The number of carbonyl (C=O) groups excluding carboxylic acids is 1. The molecule has 1 aliphatic heterocycles. The van der Waals surface area contributed by atoms with Crippen LogP contribution in [-0.4, -0.2) is 32.1 Å². The van der Waals surface area contributed by atoms with Gasteiger partial charge >= 0.3 is 0 Å². The molecule has 0 atom stereocenters. The highest BCUT2D eigenvalue weighted by atomic mass is 79.9. The number of benzene rings is 1. The van der Waals surface area contributed by atoms with E-state index in [2.05, 4.69) is 34.5 Å². The molecule has 0 aromatic heterocycles. The minimum Gasteiger partial charge on any atom is -0.490 e. The van der Waals surface area contributed by atoms with Gasteiger partial charge in [0.15, 0.2) is 0 Å². The average molecular weight is 433 g/mol. The van der Waals surface area contributed by atoms with Crippen molar-refractivity contribution in [3.63, 3.8) is 0 Å². The Morgan fingerprint density at radius 1 is 1.36 bits per heavy atom. The number of nitrogens with one attached hydrogen (secondary N) is 1. The van der Waals surface area contributed by atoms with Crippen molar-refractivity contribution in [2.45, 2.75) is 34.1 Å². The summed E-state index contributed by atoms with van der Waals surface area (Å²) >= 11 is 2.95. The van der Waals surface area contributed by atoms with Crippen LogP contribution in [0.15, 0.2) is 18.2 Å². The van der Waals surface area contributed by atoms with Gasteiger partial charge in [-0.1, -0.05) is 29.8 Å². The lowest BCUT2D eigenvalue weighted by molar-refractivity contribution is -0.127. The largest absolute Gasteiger partial charge is 0.490 e. The van der Waals surface area contributed by atoms with E-state index < -0.39 is 15.4 Å². The van der Waals surface area contributed by atoms with Crippen LogP contribution in [0.4, 0.5) is 11.4 Å². The summed E-state index contributed by atoms with van der Waals surface area (Å²) in [6.45, 7) is 8.79. The van der Waals surface area contributed by atoms with Gasteiger partial charge in [0, 0.05) is 12.6 Å². The molecule has 1 N–H and O–H groups in total. The number of fused-ring (bicyclic) bond motifs is 1. The molecule has 0 saturated carbocycles. The fraction of sp³-hybridized carbons (Fsp3) is 0.588. The molecule has 1 aromatic carbocycles. The summed E-state index contributed by atoms with van der Waals surface area (Å²) in [6, 6.07) is 5.02. The molecule has 1 amide bonds. The van der Waals surface area contributed by atoms with Gasteiger partial charge in [-0.3, -0.25) is 9.52 Å². The maximum atomic E-state index is 12.9. The Balaban J connectivity index is 2.40. The summed E-state index contributed by atoms with van der Waals surface area (Å²) in [6.07, 6.45) is 0.874. The first-order valence-electron chi connectivity index (χ1n) is 8.21. The Labute approximate surface area is 158 Å². The van der Waals surface area contributed by atoms with Crippen LogP contribution in [-0.2, 0) is 14.8 Å². The lowest BCUT2D eigenvalue weighted by Crippen LogP contribution is -2.42. The van der Waals surface area contributed by atoms with Crippen molar-refractivity contribution < 1.29 is 17.9 Å². The van der Waals surface area contributed by atoms with Crippen molar-refractivity contribution in [1.82, 2.24) is 0 Å². The van der Waals surface area contributed by atoms with E-state index >= 15 is 0 Å². The number of carbonyl (C=O) groups is 1. The molecule has 0 bridgehead atoms. The van der Waals surface area contributed by atoms with E-state index in [1.54, 1.807) is 23.1 Å². The van der Waals surface area contributed by atoms with Gasteiger partial charge in [-0.15, -0.1) is 0 Å². The van der Waals surface area contributed by atoms with E-state index in [1.165, 1.54) is 0 Å². The fourth-order valence-electron chi connectivity index (χ4n) is 2.53. The number of hydrogen-bond acceptors (Lipinski definition) is 4. The van der Waals surface area contributed by atoms with E-state index in [4.69, 9.17) is 4.74 Å². The molecule has 0 unspecified atom stereocenters. The van der Waals surface area contributed by atoms with Crippen LogP contribution >= 0.6 is 15.9 Å². The van der Waals surface area contributed by atoms with Crippen LogP contribution in [0.3, 0.4) is 0 Å². The number of rotatable bonds is 6. The highest BCUT2D eigenvalue weighted by Crippen LogP contribution is 2.38. The highest BCUT2D eigenvalue weighted by molar-refractivity contribution is 9.10. The number of nitrogens with zero attached hydrogens (tertiary/aromatic N) is 1. The van der Waals surface area contributed by atoms with Gasteiger partial charge in [-0.05, 0) is 38.3 Å². The average Bonchev–Trinajstić information content (AvgIpc) is 2.61. The second kappa shape index (κ2) is 7.53. The minimum absolute atomic E-state index is 0.0145. The number of ether oxygens (including phenoxy) is 1. The molecule has 6 nitrogen and oxygen atoms in total. The number of alkyl halides is 1. The summed E-state index contributed by atoms with van der Waals surface area (Å²) in [4.78, 5) is 14.7. The molecule has 1 aliphatic rings. The Kier molecular flexibility index (Phi) is 6.04. The summed E-state index contributed by atoms with van der Waals surface area (Å²) in [5.74, 6) is 0.992. The first-order chi connectivity index (χ1) is 11.6. The monoisotopic (exact) mass is 432 g/mol. The second-order valence-corrected chi connectivity index (χ2v) is 10.3. The molecule has 1 heterocycles. The zero-order valence-electron chi connectivity index (χ0n) is 15.0. The minimum atomic E-state index is -3.45. The topological polar surface area (TPSA) is 75.7 Å². The molecular weight excluding hydrogens is 408 g/mol. The van der Waals surface area contributed by atoms with Crippen molar-refractivity contribution in [1.29, 1.82) is 0 Å². The molecule has 1 aromatic rings. The lowest BCUT2D eigenvalue weighted by Gasteiger charge is -2.28. The fourth-order valence-corrected chi connectivity index (χ4v) is 3.41. The third-order valence-corrected chi connectivity index (χ3v) is 6.65. The summed E-state index contributed by atoms with van der Waals surface area (Å²) < 4.78 is 31.6. The molecule has 0 aliphatic carbocycles. The van der Waals surface area contributed by atoms with Gasteiger partial charge in [-0.2, -0.15) is 0 Å². The van der Waals surface area contributed by atoms with E-state index in [0.29, 0.717) is 29.6 Å². The quantitative estimate of drug-likeness (QED) is 0.696. The van der Waals surface area contributed by atoms with Crippen molar-refractivity contribution in [3.05, 3.63) is 18.2 Å². The van der Waals surface area contributed by atoms with E-state index in [0.717, 1.165) is 6.42 Å². The maximum Gasteiger partial charge on any atom is 0.242 e. The number of anilines is 2. The molecule has 25 heavy (non-hydrogen) atoms. The Hall–Kier alpha value is -1.28. The predicted octanol–water partition coefficient (Wildman–Crippen LogP) is 3.58. The maximum absolute atomic E-state index is 12.9. The Morgan fingerprint density at radius 3 is 2.64 bits per heavy atom. The number of amides is 1. The third-order valence-electron chi connectivity index (χ3n) is 4.01. The van der Waals surface area contributed by atoms with Gasteiger partial charge in [0.25, 0.3) is 0 Å². The summed E-state index contributed by atoms with van der Waals surface area (Å²) in [5, 5.41) is 0. The summed E-state index contributed by atoms with van der Waals surface area (Å²) in [5.41, 5.74) is 0.443. The predicted molar refractivity (Wildman–Crippen MR) is 104 cm³/mol. The first-order valence-corrected chi connectivity index (χ1v) is 11.0. The van der Waals surface area contributed by atoms with Crippen molar-refractivity contribution in [2.75, 3.05) is 27.4 Å². The Bertz CT molecular complexity index is 747. The number of hydrogen-bond donors (Lipinski definition) is 1. The molecule has 0 radical (unpaired) electrons. The molecule has 0 saturated heterocycles. The third kappa shape index (κ3) is 4.88. The van der Waals surface area contributed by atoms with Crippen molar-refractivity contribution >= 4 is 43.2 Å². The van der Waals surface area contributed by atoms with E-state index in [1.807, 2.05) is 13.8 Å². The van der Waals surface area contributed by atoms with Gasteiger partial charge in [-0.25, -0.2) is 8.42 Å². The van der Waals surface area contributed by atoms with Crippen LogP contribution in [0.5, 0.6) is 5.75 Å².